The Bertz CT molecular complexity index is 617. The molecule has 0 spiro atoms. The summed E-state index contributed by atoms with van der Waals surface area (Å²) in [4.78, 5) is 8.23. The number of nitrogens with zero attached hydrogens (tertiary/aromatic N) is 2. The summed E-state index contributed by atoms with van der Waals surface area (Å²) in [5.41, 5.74) is 2.37. The van der Waals surface area contributed by atoms with Gasteiger partial charge in [0.2, 0.25) is 0 Å². The number of nitrogens with one attached hydrogen (secondary N) is 1. The number of aryl methyl sites for hydroxylation is 1. The molecule has 0 saturated carbocycles. The largest absolute Gasteiger partial charge is 0.345 e. The maximum absolute atomic E-state index is 6.37. The van der Waals surface area contributed by atoms with E-state index in [1.165, 1.54) is 37.1 Å². The number of hydrogen-bond donors (Lipinski definition) is 1. The molecular formula is C16H21BrClN3. The smallest absolute Gasteiger partial charge is 0.110 e. The van der Waals surface area contributed by atoms with Crippen LogP contribution in [0.15, 0.2) is 22.7 Å². The summed E-state index contributed by atoms with van der Waals surface area (Å²) in [6.45, 7) is 5.90. The first-order valence-corrected chi connectivity index (χ1v) is 8.67. The molecule has 114 valence electrons. The zero-order chi connectivity index (χ0) is 14.8. The van der Waals surface area contributed by atoms with Crippen molar-refractivity contribution in [3.05, 3.63) is 33.4 Å². The van der Waals surface area contributed by atoms with Gasteiger partial charge in [-0.3, -0.25) is 0 Å². The van der Waals surface area contributed by atoms with Gasteiger partial charge in [0, 0.05) is 41.6 Å². The predicted octanol–water partition coefficient (Wildman–Crippen LogP) is 3.76. The standard InChI is InChI=1S/C16H21BrClN3/c1-20-7-9-21(10-8-20)6-2-3-14-13-5-4-12(17)11-15(13)19-16(14)18/h4-5,11,19H,2-3,6-10H2,1H3. The predicted molar refractivity (Wildman–Crippen MR) is 93.3 cm³/mol. The van der Waals surface area contributed by atoms with Gasteiger partial charge >= 0.3 is 0 Å². The minimum atomic E-state index is 0.793. The molecule has 1 N–H and O–H groups in total. The lowest BCUT2D eigenvalue weighted by Gasteiger charge is -2.32. The molecule has 0 radical (unpaired) electrons. The van der Waals surface area contributed by atoms with E-state index in [0.29, 0.717) is 0 Å². The number of likely N-dealkylation sites (N-methyl/N-ethyl adjacent to an activating group) is 1. The number of aromatic amines is 1. The second-order valence-electron chi connectivity index (χ2n) is 5.86. The Morgan fingerprint density at radius 1 is 1.24 bits per heavy atom. The fourth-order valence-corrected chi connectivity index (χ4v) is 3.65. The molecule has 21 heavy (non-hydrogen) atoms. The van der Waals surface area contributed by atoms with Crippen molar-refractivity contribution < 1.29 is 0 Å². The van der Waals surface area contributed by atoms with Crippen LogP contribution in [0, 0.1) is 0 Å². The lowest BCUT2D eigenvalue weighted by molar-refractivity contribution is 0.153. The number of aromatic nitrogens is 1. The molecule has 2 aromatic rings. The molecule has 3 nitrogen and oxygen atoms in total. The molecule has 0 amide bonds. The molecule has 0 atom stereocenters. The van der Waals surface area contributed by atoms with Crippen molar-refractivity contribution in [1.29, 1.82) is 0 Å². The van der Waals surface area contributed by atoms with Crippen molar-refractivity contribution >= 4 is 38.4 Å². The highest BCUT2D eigenvalue weighted by molar-refractivity contribution is 9.10. The summed E-state index contributed by atoms with van der Waals surface area (Å²) in [6, 6.07) is 6.31. The summed E-state index contributed by atoms with van der Waals surface area (Å²) in [5.74, 6) is 0. The SMILES string of the molecule is CN1CCN(CCCc2c(Cl)[nH]c3cc(Br)ccc23)CC1. The quantitative estimate of drug-likeness (QED) is 0.885. The lowest BCUT2D eigenvalue weighted by Crippen LogP contribution is -2.44. The molecule has 0 unspecified atom stereocenters. The van der Waals surface area contributed by atoms with Gasteiger partial charge < -0.3 is 14.8 Å². The third-order valence-corrected chi connectivity index (χ3v) is 5.13. The van der Waals surface area contributed by atoms with Crippen LogP contribution in [-0.4, -0.2) is 54.6 Å². The van der Waals surface area contributed by atoms with Gasteiger partial charge in [-0.1, -0.05) is 33.6 Å². The molecule has 5 heteroatoms. The van der Waals surface area contributed by atoms with Crippen molar-refractivity contribution in [1.82, 2.24) is 14.8 Å². The number of H-pyrrole nitrogens is 1. The van der Waals surface area contributed by atoms with Crippen LogP contribution in [0.1, 0.15) is 12.0 Å². The highest BCUT2D eigenvalue weighted by Crippen LogP contribution is 2.29. The lowest BCUT2D eigenvalue weighted by atomic mass is 10.1. The van der Waals surface area contributed by atoms with Crippen LogP contribution in [0.3, 0.4) is 0 Å². The number of rotatable bonds is 4. The van der Waals surface area contributed by atoms with E-state index in [2.05, 4.69) is 56.0 Å². The van der Waals surface area contributed by atoms with Gasteiger partial charge in [-0.05, 0) is 44.1 Å². The molecule has 1 aliphatic heterocycles. The van der Waals surface area contributed by atoms with Crippen molar-refractivity contribution in [3.8, 4) is 0 Å². The van der Waals surface area contributed by atoms with Crippen LogP contribution in [-0.2, 0) is 6.42 Å². The Labute approximate surface area is 139 Å². The molecule has 0 aliphatic carbocycles. The third kappa shape index (κ3) is 3.62. The van der Waals surface area contributed by atoms with E-state index >= 15 is 0 Å². The molecule has 2 heterocycles. The van der Waals surface area contributed by atoms with Gasteiger partial charge in [0.05, 0.1) is 0 Å². The number of hydrogen-bond acceptors (Lipinski definition) is 2. The maximum atomic E-state index is 6.37. The van der Waals surface area contributed by atoms with E-state index < -0.39 is 0 Å². The average molecular weight is 371 g/mol. The molecule has 0 bridgehead atoms. The summed E-state index contributed by atoms with van der Waals surface area (Å²) < 4.78 is 1.08. The molecule has 1 aromatic carbocycles. The second kappa shape index (κ2) is 6.69. The summed E-state index contributed by atoms with van der Waals surface area (Å²) in [5, 5.41) is 2.04. The third-order valence-electron chi connectivity index (χ3n) is 4.31. The van der Waals surface area contributed by atoms with E-state index in [-0.39, 0.29) is 0 Å². The normalized spacial score (nSPS) is 17.7. The van der Waals surface area contributed by atoms with E-state index in [9.17, 15) is 0 Å². The molecule has 1 fully saturated rings. The van der Waals surface area contributed by atoms with Crippen LogP contribution in [0.5, 0.6) is 0 Å². The van der Waals surface area contributed by atoms with Crippen molar-refractivity contribution in [2.75, 3.05) is 39.8 Å². The van der Waals surface area contributed by atoms with Crippen molar-refractivity contribution in [3.63, 3.8) is 0 Å². The number of piperazine rings is 1. The Balaban J connectivity index is 1.61. The highest BCUT2D eigenvalue weighted by Gasteiger charge is 2.14. The first-order valence-electron chi connectivity index (χ1n) is 7.50. The fourth-order valence-electron chi connectivity index (χ4n) is 2.99. The maximum Gasteiger partial charge on any atom is 0.110 e. The van der Waals surface area contributed by atoms with Gasteiger partial charge in [0.1, 0.15) is 5.15 Å². The average Bonchev–Trinajstić information content (AvgIpc) is 2.76. The number of benzene rings is 1. The molecule has 1 aliphatic rings. The van der Waals surface area contributed by atoms with E-state index in [1.807, 2.05) is 0 Å². The van der Waals surface area contributed by atoms with Crippen molar-refractivity contribution in [2.24, 2.45) is 0 Å². The summed E-state index contributed by atoms with van der Waals surface area (Å²) >= 11 is 9.87. The Hall–Kier alpha value is -0.550. The van der Waals surface area contributed by atoms with Crippen molar-refractivity contribution in [2.45, 2.75) is 12.8 Å². The van der Waals surface area contributed by atoms with Crippen LogP contribution < -0.4 is 0 Å². The first-order chi connectivity index (χ1) is 10.1. The fraction of sp³-hybridized carbons (Fsp3) is 0.500. The summed E-state index contributed by atoms with van der Waals surface area (Å²) in [6.07, 6.45) is 2.19. The van der Waals surface area contributed by atoms with Gasteiger partial charge in [-0.15, -0.1) is 0 Å². The Kier molecular flexibility index (Phi) is 4.89. The van der Waals surface area contributed by atoms with E-state index in [4.69, 9.17) is 11.6 Å². The topological polar surface area (TPSA) is 22.3 Å². The highest BCUT2D eigenvalue weighted by atomic mass is 79.9. The van der Waals surface area contributed by atoms with Crippen LogP contribution in [0.2, 0.25) is 5.15 Å². The molecular weight excluding hydrogens is 350 g/mol. The van der Waals surface area contributed by atoms with Gasteiger partial charge in [0.15, 0.2) is 0 Å². The summed E-state index contributed by atoms with van der Waals surface area (Å²) in [7, 11) is 2.20. The molecule has 1 saturated heterocycles. The first kappa shape index (κ1) is 15.3. The van der Waals surface area contributed by atoms with Gasteiger partial charge in [-0.25, -0.2) is 0 Å². The Morgan fingerprint density at radius 3 is 2.76 bits per heavy atom. The molecule has 3 rings (SSSR count). The minimum Gasteiger partial charge on any atom is -0.345 e. The van der Waals surface area contributed by atoms with Gasteiger partial charge in [-0.2, -0.15) is 0 Å². The van der Waals surface area contributed by atoms with E-state index in [0.717, 1.165) is 34.5 Å². The number of fused-ring (bicyclic) bond motifs is 1. The monoisotopic (exact) mass is 369 g/mol. The zero-order valence-electron chi connectivity index (χ0n) is 12.3. The van der Waals surface area contributed by atoms with E-state index in [1.54, 1.807) is 0 Å². The van der Waals surface area contributed by atoms with Gasteiger partial charge in [0.25, 0.3) is 0 Å². The number of halogens is 2. The van der Waals surface area contributed by atoms with Crippen LogP contribution in [0.25, 0.3) is 10.9 Å². The minimum absolute atomic E-state index is 0.793. The Morgan fingerprint density at radius 2 is 2.00 bits per heavy atom. The van der Waals surface area contributed by atoms with Crippen LogP contribution in [0.4, 0.5) is 0 Å². The zero-order valence-corrected chi connectivity index (χ0v) is 14.7. The molecule has 1 aromatic heterocycles. The van der Waals surface area contributed by atoms with Crippen LogP contribution >= 0.6 is 27.5 Å². The second-order valence-corrected chi connectivity index (χ2v) is 7.15.